The van der Waals surface area contributed by atoms with Crippen molar-refractivity contribution in [1.82, 2.24) is 0 Å². The molecule has 0 radical (unpaired) electrons. The van der Waals surface area contributed by atoms with E-state index in [-0.39, 0.29) is 30.0 Å². The minimum atomic E-state index is -0.790. The molecule has 5 heteroatoms. The van der Waals surface area contributed by atoms with Crippen LogP contribution in [0.4, 0.5) is 13.2 Å². The molecule has 0 aromatic heterocycles. The summed E-state index contributed by atoms with van der Waals surface area (Å²) in [7, 11) is 0. The van der Waals surface area contributed by atoms with Gasteiger partial charge in [0, 0.05) is 11.1 Å². The van der Waals surface area contributed by atoms with Gasteiger partial charge in [0.25, 0.3) is 0 Å². The molecule has 3 aromatic carbocycles. The topological polar surface area (TPSA) is 21.8 Å². The van der Waals surface area contributed by atoms with E-state index in [4.69, 9.17) is 9.47 Å². The van der Waals surface area contributed by atoms with Gasteiger partial charge in [0.05, 0.1) is 6.61 Å². The summed E-state index contributed by atoms with van der Waals surface area (Å²) in [5.74, 6) is -0.409. The van der Waals surface area contributed by atoms with Gasteiger partial charge in [-0.25, -0.2) is 13.2 Å². The van der Waals surface area contributed by atoms with Crippen molar-refractivity contribution in [3.63, 3.8) is 0 Å². The molecule has 2 fully saturated rings. The molecule has 5 rings (SSSR count). The monoisotopic (exact) mass is 480 g/mol. The molecule has 1 saturated heterocycles. The maximum atomic E-state index is 15.1. The zero-order chi connectivity index (χ0) is 24.4. The van der Waals surface area contributed by atoms with Crippen LogP contribution in [-0.4, -0.2) is 6.61 Å². The van der Waals surface area contributed by atoms with Crippen molar-refractivity contribution in [3.05, 3.63) is 88.7 Å². The van der Waals surface area contributed by atoms with E-state index in [1.54, 1.807) is 42.5 Å². The van der Waals surface area contributed by atoms with Gasteiger partial charge < -0.3 is 9.47 Å². The van der Waals surface area contributed by atoms with E-state index in [0.717, 1.165) is 31.6 Å². The number of halogens is 3. The molecule has 2 aliphatic rings. The number of hydrogen-bond donors (Lipinski definition) is 0. The van der Waals surface area contributed by atoms with Crippen molar-refractivity contribution < 1.29 is 22.6 Å². The Hall–Kier alpha value is -2.79. The van der Waals surface area contributed by atoms with Crippen LogP contribution in [0, 0.1) is 23.4 Å². The molecule has 1 saturated carbocycles. The first-order valence-electron chi connectivity index (χ1n) is 12.6. The van der Waals surface area contributed by atoms with Crippen molar-refractivity contribution >= 4 is 0 Å². The molecule has 1 unspecified atom stereocenters. The van der Waals surface area contributed by atoms with Gasteiger partial charge in [-0.2, -0.15) is 0 Å². The highest BCUT2D eigenvalue weighted by molar-refractivity contribution is 5.65. The third-order valence-corrected chi connectivity index (χ3v) is 7.41. The molecule has 2 nitrogen and oxygen atoms in total. The number of epoxide rings is 1. The highest BCUT2D eigenvalue weighted by Gasteiger charge is 2.28. The predicted octanol–water partition coefficient (Wildman–Crippen LogP) is 8.50. The molecule has 0 amide bonds. The summed E-state index contributed by atoms with van der Waals surface area (Å²) in [6.45, 7) is 2.97. The van der Waals surface area contributed by atoms with Gasteiger partial charge in [-0.1, -0.05) is 56.2 Å². The van der Waals surface area contributed by atoms with E-state index in [2.05, 4.69) is 6.92 Å². The molecule has 0 N–H and O–H groups in total. The van der Waals surface area contributed by atoms with Crippen molar-refractivity contribution in [3.8, 4) is 16.9 Å². The average Bonchev–Trinajstić information content (AvgIpc) is 3.71. The Morgan fingerprint density at radius 2 is 1.57 bits per heavy atom. The highest BCUT2D eigenvalue weighted by Crippen LogP contribution is 2.40. The minimum absolute atomic E-state index is 0.0955. The van der Waals surface area contributed by atoms with Crippen LogP contribution in [-0.2, 0) is 11.3 Å². The van der Waals surface area contributed by atoms with E-state index in [0.29, 0.717) is 34.6 Å². The Morgan fingerprint density at radius 3 is 2.23 bits per heavy atom. The fourth-order valence-electron chi connectivity index (χ4n) is 5.32. The van der Waals surface area contributed by atoms with E-state index < -0.39 is 11.6 Å². The van der Waals surface area contributed by atoms with Crippen molar-refractivity contribution in [2.45, 2.75) is 64.1 Å². The molecule has 0 bridgehead atoms. The number of benzene rings is 3. The van der Waals surface area contributed by atoms with Crippen LogP contribution in [0.15, 0.2) is 54.6 Å². The maximum Gasteiger partial charge on any atom is 0.166 e. The lowest BCUT2D eigenvalue weighted by atomic mass is 9.77. The van der Waals surface area contributed by atoms with Gasteiger partial charge in [0.1, 0.15) is 24.3 Å². The van der Waals surface area contributed by atoms with Gasteiger partial charge in [-0.05, 0) is 72.4 Å². The first-order valence-corrected chi connectivity index (χ1v) is 12.6. The molecule has 1 aliphatic carbocycles. The van der Waals surface area contributed by atoms with Crippen LogP contribution in [0.5, 0.6) is 5.75 Å². The molecule has 1 atom stereocenters. The second kappa shape index (κ2) is 10.4. The largest absolute Gasteiger partial charge is 0.489 e. The van der Waals surface area contributed by atoms with Crippen LogP contribution in [0.3, 0.4) is 0 Å². The lowest BCUT2D eigenvalue weighted by Crippen LogP contribution is -2.14. The minimum Gasteiger partial charge on any atom is -0.489 e. The Bertz CT molecular complexity index is 1160. The van der Waals surface area contributed by atoms with Crippen LogP contribution in [0.1, 0.15) is 74.2 Å². The summed E-state index contributed by atoms with van der Waals surface area (Å²) < 4.78 is 55.2. The second-order valence-corrected chi connectivity index (χ2v) is 9.83. The smallest absolute Gasteiger partial charge is 0.166 e. The summed E-state index contributed by atoms with van der Waals surface area (Å²) in [4.78, 5) is 0. The summed E-state index contributed by atoms with van der Waals surface area (Å²) in [5.41, 5.74) is 2.63. The Labute approximate surface area is 205 Å². The first-order chi connectivity index (χ1) is 17.0. The lowest BCUT2D eigenvalue weighted by Gasteiger charge is -2.29. The first kappa shape index (κ1) is 23.9. The molecule has 0 spiro atoms. The maximum absolute atomic E-state index is 15.1. The van der Waals surface area contributed by atoms with Crippen LogP contribution >= 0.6 is 0 Å². The second-order valence-electron chi connectivity index (χ2n) is 9.83. The quantitative estimate of drug-likeness (QED) is 0.302. The summed E-state index contributed by atoms with van der Waals surface area (Å²) >= 11 is 0. The number of ether oxygens (including phenoxy) is 2. The highest BCUT2D eigenvalue weighted by atomic mass is 19.2. The van der Waals surface area contributed by atoms with Crippen LogP contribution in [0.25, 0.3) is 11.1 Å². The summed E-state index contributed by atoms with van der Waals surface area (Å²) in [6, 6.07) is 15.3. The van der Waals surface area contributed by atoms with Crippen LogP contribution < -0.4 is 4.74 Å². The van der Waals surface area contributed by atoms with Crippen molar-refractivity contribution in [2.75, 3.05) is 6.61 Å². The third-order valence-electron chi connectivity index (χ3n) is 7.41. The molecule has 1 heterocycles. The average molecular weight is 481 g/mol. The van der Waals surface area contributed by atoms with Gasteiger partial charge >= 0.3 is 0 Å². The SMILES string of the molecule is CCCC1CCC(c2ccc(-c3ccc(OCc4ccc(C5CO5)c(F)c4)cc3)c(F)c2F)CC1. The van der Waals surface area contributed by atoms with Gasteiger partial charge in [-0.15, -0.1) is 0 Å². The van der Waals surface area contributed by atoms with Crippen molar-refractivity contribution in [2.24, 2.45) is 5.92 Å². The Kier molecular flexibility index (Phi) is 7.14. The molecular weight excluding hydrogens is 449 g/mol. The lowest BCUT2D eigenvalue weighted by molar-refractivity contribution is 0.303. The fourth-order valence-corrected chi connectivity index (χ4v) is 5.32. The zero-order valence-corrected chi connectivity index (χ0v) is 20.0. The third kappa shape index (κ3) is 5.40. The Balaban J connectivity index is 1.23. The number of hydrogen-bond acceptors (Lipinski definition) is 2. The summed E-state index contributed by atoms with van der Waals surface area (Å²) in [6.07, 6.45) is 6.31. The molecule has 1 aliphatic heterocycles. The fraction of sp³-hybridized carbons (Fsp3) is 0.400. The van der Waals surface area contributed by atoms with Gasteiger partial charge in [0.15, 0.2) is 11.6 Å². The van der Waals surface area contributed by atoms with E-state index in [1.807, 2.05) is 6.07 Å². The molecule has 3 aromatic rings. The summed E-state index contributed by atoms with van der Waals surface area (Å²) in [5, 5.41) is 0. The van der Waals surface area contributed by atoms with E-state index in [9.17, 15) is 4.39 Å². The van der Waals surface area contributed by atoms with E-state index >= 15 is 8.78 Å². The molecule has 35 heavy (non-hydrogen) atoms. The van der Waals surface area contributed by atoms with Gasteiger partial charge in [-0.3, -0.25) is 0 Å². The Morgan fingerprint density at radius 1 is 0.857 bits per heavy atom. The van der Waals surface area contributed by atoms with Gasteiger partial charge in [0.2, 0.25) is 0 Å². The normalized spacial score (nSPS) is 21.7. The van der Waals surface area contributed by atoms with Crippen molar-refractivity contribution in [1.29, 1.82) is 0 Å². The zero-order valence-electron chi connectivity index (χ0n) is 20.0. The number of rotatable bonds is 8. The molecular formula is C30H31F3O2. The van der Waals surface area contributed by atoms with E-state index in [1.165, 1.54) is 18.9 Å². The predicted molar refractivity (Wildman–Crippen MR) is 131 cm³/mol. The van der Waals surface area contributed by atoms with Crippen LogP contribution in [0.2, 0.25) is 0 Å². The standard InChI is InChI=1S/C30H31F3O2/c1-2-3-19-4-7-21(8-5-19)24-14-15-25(30(33)29(24)32)22-9-11-23(12-10-22)34-17-20-6-13-26(27(31)16-20)28-18-35-28/h6,9-16,19,21,28H,2-5,7-8,17-18H2,1H3. The molecule has 184 valence electrons.